The van der Waals surface area contributed by atoms with Gasteiger partial charge in [-0.1, -0.05) is 0 Å². The Bertz CT molecular complexity index is 400. The van der Waals surface area contributed by atoms with Gasteiger partial charge in [0.2, 0.25) is 5.91 Å². The van der Waals surface area contributed by atoms with Gasteiger partial charge in [0.25, 0.3) is 0 Å². The van der Waals surface area contributed by atoms with Crippen LogP contribution in [-0.2, 0) is 11.3 Å². The van der Waals surface area contributed by atoms with Crippen LogP contribution in [0, 0.1) is 0 Å². The van der Waals surface area contributed by atoms with Gasteiger partial charge in [-0.25, -0.2) is 0 Å². The molecule has 18 heavy (non-hydrogen) atoms. The summed E-state index contributed by atoms with van der Waals surface area (Å²) in [5, 5.41) is 4.84. The quantitative estimate of drug-likeness (QED) is 0.844. The van der Waals surface area contributed by atoms with Gasteiger partial charge in [0, 0.05) is 17.9 Å². The van der Waals surface area contributed by atoms with E-state index in [9.17, 15) is 18.0 Å². The predicted molar refractivity (Wildman–Crippen MR) is 61.0 cm³/mol. The van der Waals surface area contributed by atoms with Crippen molar-refractivity contribution in [1.82, 2.24) is 15.2 Å². The van der Waals surface area contributed by atoms with Crippen LogP contribution in [0.3, 0.4) is 0 Å². The molecule has 0 fully saturated rings. The van der Waals surface area contributed by atoms with E-state index in [0.717, 1.165) is 5.69 Å². The molecular formula is C11H16F3N3O. The molecule has 1 unspecified atom stereocenters. The molecule has 0 spiro atoms. The van der Waals surface area contributed by atoms with Gasteiger partial charge in [-0.3, -0.25) is 4.79 Å². The van der Waals surface area contributed by atoms with E-state index in [1.165, 1.54) is 0 Å². The van der Waals surface area contributed by atoms with Crippen molar-refractivity contribution in [1.29, 1.82) is 0 Å². The second kappa shape index (κ2) is 5.90. The van der Waals surface area contributed by atoms with E-state index in [2.05, 4.69) is 5.32 Å². The Morgan fingerprint density at radius 2 is 2.17 bits per heavy atom. The van der Waals surface area contributed by atoms with E-state index in [-0.39, 0.29) is 12.6 Å². The first-order chi connectivity index (χ1) is 8.33. The zero-order valence-corrected chi connectivity index (χ0v) is 10.2. The lowest BCUT2D eigenvalue weighted by Crippen LogP contribution is -2.36. The summed E-state index contributed by atoms with van der Waals surface area (Å²) in [6.45, 7) is 0.480. The standard InChI is InChI=1S/C11H16F3N3O/c1-8(15-2)9-4-3-5-17(9)6-10(18)16-7-11(12,13)14/h3-5,8,15H,6-7H2,1-2H3,(H,16,18). The van der Waals surface area contributed by atoms with E-state index < -0.39 is 18.6 Å². The number of carbonyl (C=O) groups excluding carboxylic acids is 1. The molecule has 1 amide bonds. The van der Waals surface area contributed by atoms with Crippen molar-refractivity contribution in [2.45, 2.75) is 25.7 Å². The summed E-state index contributed by atoms with van der Waals surface area (Å²) in [5.41, 5.74) is 0.847. The van der Waals surface area contributed by atoms with Gasteiger partial charge >= 0.3 is 6.18 Å². The van der Waals surface area contributed by atoms with Crippen LogP contribution < -0.4 is 10.6 Å². The van der Waals surface area contributed by atoms with Gasteiger partial charge in [-0.15, -0.1) is 0 Å². The number of nitrogens with zero attached hydrogens (tertiary/aromatic N) is 1. The Morgan fingerprint density at radius 3 is 2.72 bits per heavy atom. The van der Waals surface area contributed by atoms with Crippen LogP contribution in [0.2, 0.25) is 0 Å². The van der Waals surface area contributed by atoms with Crippen molar-refractivity contribution in [3.8, 4) is 0 Å². The fourth-order valence-corrected chi connectivity index (χ4v) is 1.52. The van der Waals surface area contributed by atoms with E-state index in [0.29, 0.717) is 0 Å². The Balaban J connectivity index is 2.57. The maximum absolute atomic E-state index is 11.9. The molecule has 7 heteroatoms. The smallest absolute Gasteiger partial charge is 0.345 e. The van der Waals surface area contributed by atoms with E-state index in [4.69, 9.17) is 0 Å². The summed E-state index contributed by atoms with van der Waals surface area (Å²) in [5.74, 6) is -0.659. The Hall–Kier alpha value is -1.50. The first-order valence-electron chi connectivity index (χ1n) is 5.49. The summed E-state index contributed by atoms with van der Waals surface area (Å²) in [6.07, 6.45) is -2.72. The lowest BCUT2D eigenvalue weighted by molar-refractivity contribution is -0.138. The molecule has 4 nitrogen and oxygen atoms in total. The molecule has 0 aromatic carbocycles. The highest BCUT2D eigenvalue weighted by Crippen LogP contribution is 2.14. The summed E-state index contributed by atoms with van der Waals surface area (Å²) < 4.78 is 37.4. The van der Waals surface area contributed by atoms with Crippen molar-refractivity contribution >= 4 is 5.91 Å². The molecule has 102 valence electrons. The van der Waals surface area contributed by atoms with Crippen LogP contribution in [0.4, 0.5) is 13.2 Å². The zero-order valence-electron chi connectivity index (χ0n) is 10.2. The van der Waals surface area contributed by atoms with Crippen LogP contribution >= 0.6 is 0 Å². The number of nitrogens with one attached hydrogen (secondary N) is 2. The molecule has 0 aliphatic heterocycles. The van der Waals surface area contributed by atoms with E-state index >= 15 is 0 Å². The molecule has 0 saturated carbocycles. The summed E-state index contributed by atoms with van der Waals surface area (Å²) in [7, 11) is 1.77. The molecule has 0 aliphatic rings. The summed E-state index contributed by atoms with van der Waals surface area (Å²) in [6, 6.07) is 3.59. The molecule has 1 aromatic heterocycles. The first-order valence-corrected chi connectivity index (χ1v) is 5.49. The average molecular weight is 263 g/mol. The number of rotatable bonds is 5. The maximum atomic E-state index is 11.9. The summed E-state index contributed by atoms with van der Waals surface area (Å²) >= 11 is 0. The highest BCUT2D eigenvalue weighted by molar-refractivity contribution is 5.75. The largest absolute Gasteiger partial charge is 0.405 e. The predicted octanol–water partition coefficient (Wildman–Crippen LogP) is 1.45. The highest BCUT2D eigenvalue weighted by Gasteiger charge is 2.27. The van der Waals surface area contributed by atoms with Gasteiger partial charge in [-0.05, 0) is 26.1 Å². The van der Waals surface area contributed by atoms with Crippen LogP contribution in [0.1, 0.15) is 18.7 Å². The van der Waals surface area contributed by atoms with Crippen LogP contribution in [0.25, 0.3) is 0 Å². The number of aromatic nitrogens is 1. The molecule has 1 heterocycles. The zero-order chi connectivity index (χ0) is 13.8. The Kier molecular flexibility index (Phi) is 4.77. The minimum Gasteiger partial charge on any atom is -0.345 e. The van der Waals surface area contributed by atoms with Crippen LogP contribution in [0.15, 0.2) is 18.3 Å². The molecule has 0 radical (unpaired) electrons. The van der Waals surface area contributed by atoms with E-state index in [1.807, 2.05) is 18.3 Å². The molecule has 1 aromatic rings. The second-order valence-corrected chi connectivity index (χ2v) is 3.96. The topological polar surface area (TPSA) is 46.1 Å². The van der Waals surface area contributed by atoms with Gasteiger partial charge < -0.3 is 15.2 Å². The third-order valence-corrected chi connectivity index (χ3v) is 2.54. The fraction of sp³-hybridized carbons (Fsp3) is 0.545. The van der Waals surface area contributed by atoms with Crippen molar-refractivity contribution < 1.29 is 18.0 Å². The number of alkyl halides is 3. The number of halogens is 3. The first kappa shape index (κ1) is 14.6. The molecule has 0 saturated heterocycles. The fourth-order valence-electron chi connectivity index (χ4n) is 1.52. The number of amides is 1. The molecular weight excluding hydrogens is 247 g/mol. The van der Waals surface area contributed by atoms with Gasteiger partial charge in [0.1, 0.15) is 13.1 Å². The monoisotopic (exact) mass is 263 g/mol. The van der Waals surface area contributed by atoms with E-state index in [1.54, 1.807) is 23.9 Å². The summed E-state index contributed by atoms with van der Waals surface area (Å²) in [4.78, 5) is 11.4. The van der Waals surface area contributed by atoms with Crippen molar-refractivity contribution in [3.05, 3.63) is 24.0 Å². The number of hydrogen-bond donors (Lipinski definition) is 2. The third-order valence-electron chi connectivity index (χ3n) is 2.54. The normalized spacial score (nSPS) is 13.4. The molecule has 1 atom stereocenters. The lowest BCUT2D eigenvalue weighted by atomic mass is 10.2. The van der Waals surface area contributed by atoms with Crippen LogP contribution in [-0.4, -0.2) is 30.2 Å². The second-order valence-electron chi connectivity index (χ2n) is 3.96. The molecule has 0 bridgehead atoms. The molecule has 2 N–H and O–H groups in total. The molecule has 1 rings (SSSR count). The van der Waals surface area contributed by atoms with Gasteiger partial charge in [0.15, 0.2) is 0 Å². The third kappa shape index (κ3) is 4.40. The molecule has 0 aliphatic carbocycles. The number of hydrogen-bond acceptors (Lipinski definition) is 2. The minimum atomic E-state index is -4.38. The van der Waals surface area contributed by atoms with Crippen molar-refractivity contribution in [2.75, 3.05) is 13.6 Å². The minimum absolute atomic E-state index is 0.0235. The van der Waals surface area contributed by atoms with Crippen molar-refractivity contribution in [3.63, 3.8) is 0 Å². The number of carbonyl (C=O) groups is 1. The lowest BCUT2D eigenvalue weighted by Gasteiger charge is -2.15. The van der Waals surface area contributed by atoms with Crippen LogP contribution in [0.5, 0.6) is 0 Å². The van der Waals surface area contributed by atoms with Crippen molar-refractivity contribution in [2.24, 2.45) is 0 Å². The Morgan fingerprint density at radius 1 is 1.50 bits per heavy atom. The van der Waals surface area contributed by atoms with Gasteiger partial charge in [-0.2, -0.15) is 13.2 Å². The Labute approximate surface area is 103 Å². The highest BCUT2D eigenvalue weighted by atomic mass is 19.4. The SMILES string of the molecule is CNC(C)c1cccn1CC(=O)NCC(F)(F)F. The average Bonchev–Trinajstić information content (AvgIpc) is 2.72. The van der Waals surface area contributed by atoms with Gasteiger partial charge in [0.05, 0.1) is 0 Å². The maximum Gasteiger partial charge on any atom is 0.405 e.